The number of nitrogens with zero attached hydrogens (tertiary/aromatic N) is 2. The molecule has 3 nitrogen and oxygen atoms in total. The maximum absolute atomic E-state index is 6.21. The molecule has 0 atom stereocenters. The van der Waals surface area contributed by atoms with Crippen LogP contribution in [0.15, 0.2) is 0 Å². The Hall–Kier alpha value is -0.540. The topological polar surface area (TPSA) is 43.8 Å². The van der Waals surface area contributed by atoms with Crippen molar-refractivity contribution in [2.45, 2.75) is 33.6 Å². The van der Waals surface area contributed by atoms with Gasteiger partial charge in [-0.3, -0.25) is 4.68 Å². The SMILES string of the molecule is Cc1nn(C)c(CC(C)(C)CCN)c1Cl. The Bertz CT molecular complexity index is 342. The molecule has 0 fully saturated rings. The minimum Gasteiger partial charge on any atom is -0.330 e. The number of nitrogens with two attached hydrogens (primary N) is 1. The van der Waals surface area contributed by atoms with Crippen LogP contribution in [0.1, 0.15) is 31.7 Å². The van der Waals surface area contributed by atoms with Crippen molar-refractivity contribution in [3.05, 3.63) is 16.4 Å². The Morgan fingerprint density at radius 1 is 1.47 bits per heavy atom. The minimum atomic E-state index is 0.179. The second kappa shape index (κ2) is 4.54. The molecular formula is C11H20ClN3. The van der Waals surface area contributed by atoms with Gasteiger partial charge in [0, 0.05) is 7.05 Å². The molecule has 4 heteroatoms. The number of aryl methyl sites for hydroxylation is 2. The molecule has 1 heterocycles. The number of hydrogen-bond donors (Lipinski definition) is 1. The van der Waals surface area contributed by atoms with E-state index in [1.54, 1.807) is 0 Å². The van der Waals surface area contributed by atoms with E-state index < -0.39 is 0 Å². The molecule has 0 aromatic carbocycles. The van der Waals surface area contributed by atoms with Crippen LogP contribution in [0.3, 0.4) is 0 Å². The number of hydrogen-bond acceptors (Lipinski definition) is 2. The summed E-state index contributed by atoms with van der Waals surface area (Å²) in [5.41, 5.74) is 7.78. The quantitative estimate of drug-likeness (QED) is 0.861. The molecule has 0 saturated heterocycles. The van der Waals surface area contributed by atoms with Gasteiger partial charge in [0.15, 0.2) is 0 Å². The third-order valence-corrected chi connectivity index (χ3v) is 3.22. The molecule has 0 aliphatic rings. The van der Waals surface area contributed by atoms with Gasteiger partial charge < -0.3 is 5.73 Å². The van der Waals surface area contributed by atoms with E-state index in [1.165, 1.54) is 0 Å². The first-order valence-electron chi connectivity index (χ1n) is 5.25. The second-order valence-electron chi connectivity index (χ2n) is 4.85. The molecule has 15 heavy (non-hydrogen) atoms. The second-order valence-corrected chi connectivity index (χ2v) is 5.23. The van der Waals surface area contributed by atoms with Gasteiger partial charge in [0.25, 0.3) is 0 Å². The summed E-state index contributed by atoms with van der Waals surface area (Å²) < 4.78 is 1.87. The molecule has 0 amide bonds. The first-order valence-corrected chi connectivity index (χ1v) is 5.63. The van der Waals surface area contributed by atoms with Gasteiger partial charge in [0.1, 0.15) is 0 Å². The summed E-state index contributed by atoms with van der Waals surface area (Å²) in [5.74, 6) is 0. The summed E-state index contributed by atoms with van der Waals surface area (Å²) in [7, 11) is 1.94. The fourth-order valence-electron chi connectivity index (χ4n) is 1.80. The van der Waals surface area contributed by atoms with E-state index in [0.29, 0.717) is 6.54 Å². The van der Waals surface area contributed by atoms with Crippen molar-refractivity contribution < 1.29 is 0 Å². The van der Waals surface area contributed by atoms with Crippen molar-refractivity contribution in [2.75, 3.05) is 6.54 Å². The lowest BCUT2D eigenvalue weighted by Crippen LogP contribution is -2.21. The summed E-state index contributed by atoms with van der Waals surface area (Å²) in [6.07, 6.45) is 1.91. The average molecular weight is 230 g/mol. The van der Waals surface area contributed by atoms with Crippen LogP contribution in [-0.4, -0.2) is 16.3 Å². The summed E-state index contributed by atoms with van der Waals surface area (Å²) in [5, 5.41) is 5.10. The van der Waals surface area contributed by atoms with Gasteiger partial charge in [-0.15, -0.1) is 0 Å². The zero-order chi connectivity index (χ0) is 11.6. The predicted molar refractivity (Wildman–Crippen MR) is 64.1 cm³/mol. The molecule has 0 saturated carbocycles. The highest BCUT2D eigenvalue weighted by molar-refractivity contribution is 6.31. The normalized spacial score (nSPS) is 12.1. The molecule has 86 valence electrons. The van der Waals surface area contributed by atoms with Crippen molar-refractivity contribution in [3.8, 4) is 0 Å². The third kappa shape index (κ3) is 2.95. The summed E-state index contributed by atoms with van der Waals surface area (Å²) >= 11 is 6.21. The van der Waals surface area contributed by atoms with Crippen LogP contribution < -0.4 is 5.73 Å². The third-order valence-electron chi connectivity index (χ3n) is 2.73. The van der Waals surface area contributed by atoms with Crippen molar-refractivity contribution in [2.24, 2.45) is 18.2 Å². The molecule has 0 bridgehead atoms. The van der Waals surface area contributed by atoms with Crippen LogP contribution in [0, 0.1) is 12.3 Å². The number of aromatic nitrogens is 2. The van der Waals surface area contributed by atoms with Crippen LogP contribution in [0.25, 0.3) is 0 Å². The van der Waals surface area contributed by atoms with Crippen LogP contribution >= 0.6 is 11.6 Å². The zero-order valence-corrected chi connectivity index (χ0v) is 10.7. The van der Waals surface area contributed by atoms with Crippen LogP contribution in [0.4, 0.5) is 0 Å². The maximum Gasteiger partial charge on any atom is 0.0847 e. The van der Waals surface area contributed by atoms with E-state index >= 15 is 0 Å². The largest absolute Gasteiger partial charge is 0.330 e. The molecule has 0 unspecified atom stereocenters. The zero-order valence-electron chi connectivity index (χ0n) is 9.97. The van der Waals surface area contributed by atoms with Crippen molar-refractivity contribution in [1.29, 1.82) is 0 Å². The number of halogens is 1. The van der Waals surface area contributed by atoms with Crippen LogP contribution in [-0.2, 0) is 13.5 Å². The lowest BCUT2D eigenvalue weighted by molar-refractivity contribution is 0.330. The Kier molecular flexibility index (Phi) is 3.79. The highest BCUT2D eigenvalue weighted by Gasteiger charge is 2.22. The number of rotatable bonds is 4. The van der Waals surface area contributed by atoms with E-state index in [1.807, 2.05) is 18.7 Å². The summed E-state index contributed by atoms with van der Waals surface area (Å²) in [6.45, 7) is 7.06. The maximum atomic E-state index is 6.21. The monoisotopic (exact) mass is 229 g/mol. The van der Waals surface area contributed by atoms with Gasteiger partial charge in [-0.1, -0.05) is 25.4 Å². The molecule has 1 aromatic rings. The fraction of sp³-hybridized carbons (Fsp3) is 0.727. The molecule has 0 spiro atoms. The van der Waals surface area contributed by atoms with Crippen molar-refractivity contribution in [1.82, 2.24) is 9.78 Å². The Morgan fingerprint density at radius 3 is 2.47 bits per heavy atom. The van der Waals surface area contributed by atoms with E-state index in [0.717, 1.165) is 29.3 Å². The van der Waals surface area contributed by atoms with Crippen molar-refractivity contribution in [3.63, 3.8) is 0 Å². The van der Waals surface area contributed by atoms with Crippen LogP contribution in [0.5, 0.6) is 0 Å². The van der Waals surface area contributed by atoms with Gasteiger partial charge in [0.2, 0.25) is 0 Å². The highest BCUT2D eigenvalue weighted by Crippen LogP contribution is 2.29. The van der Waals surface area contributed by atoms with E-state index in [-0.39, 0.29) is 5.41 Å². The van der Waals surface area contributed by atoms with Gasteiger partial charge >= 0.3 is 0 Å². The Labute approximate surface area is 96.6 Å². The highest BCUT2D eigenvalue weighted by atomic mass is 35.5. The minimum absolute atomic E-state index is 0.179. The summed E-state index contributed by atoms with van der Waals surface area (Å²) in [4.78, 5) is 0. The van der Waals surface area contributed by atoms with E-state index in [2.05, 4.69) is 18.9 Å². The fourth-order valence-corrected chi connectivity index (χ4v) is 2.03. The summed E-state index contributed by atoms with van der Waals surface area (Å²) in [6, 6.07) is 0. The molecule has 0 aliphatic carbocycles. The van der Waals surface area contributed by atoms with Gasteiger partial charge in [-0.05, 0) is 31.7 Å². The first-order chi connectivity index (χ1) is 6.87. The van der Waals surface area contributed by atoms with Gasteiger partial charge in [-0.25, -0.2) is 0 Å². The molecule has 1 rings (SSSR count). The molecule has 0 radical (unpaired) electrons. The molecular weight excluding hydrogens is 210 g/mol. The molecule has 2 N–H and O–H groups in total. The van der Waals surface area contributed by atoms with E-state index in [9.17, 15) is 0 Å². The van der Waals surface area contributed by atoms with Crippen LogP contribution in [0.2, 0.25) is 5.02 Å². The lowest BCUT2D eigenvalue weighted by atomic mass is 9.84. The molecule has 0 aliphatic heterocycles. The Morgan fingerprint density at radius 2 is 2.07 bits per heavy atom. The predicted octanol–water partition coefficient (Wildman–Crippen LogP) is 2.30. The van der Waals surface area contributed by atoms with E-state index in [4.69, 9.17) is 17.3 Å². The smallest absolute Gasteiger partial charge is 0.0847 e. The standard InChI is InChI=1S/C11H20ClN3/c1-8-10(12)9(15(4)14-8)7-11(2,3)5-6-13/h5-7,13H2,1-4H3. The molecule has 1 aromatic heterocycles. The lowest BCUT2D eigenvalue weighted by Gasteiger charge is -2.23. The first kappa shape index (κ1) is 12.5. The van der Waals surface area contributed by atoms with Crippen molar-refractivity contribution >= 4 is 11.6 Å². The Balaban J connectivity index is 2.89. The average Bonchev–Trinajstić information content (AvgIpc) is 2.32. The van der Waals surface area contributed by atoms with Gasteiger partial charge in [0.05, 0.1) is 16.4 Å². The van der Waals surface area contributed by atoms with Gasteiger partial charge in [-0.2, -0.15) is 5.10 Å².